The molecule has 0 saturated heterocycles. The summed E-state index contributed by atoms with van der Waals surface area (Å²) in [5, 5.41) is 29.0. The number of rotatable bonds is 12. The van der Waals surface area contributed by atoms with Crippen molar-refractivity contribution in [1.29, 1.82) is 0 Å². The molecule has 1 heterocycles. The van der Waals surface area contributed by atoms with Crippen LogP contribution in [0.1, 0.15) is 37.3 Å². The van der Waals surface area contributed by atoms with Gasteiger partial charge in [-0.2, -0.15) is 0 Å². The van der Waals surface area contributed by atoms with E-state index >= 15 is 0 Å². The van der Waals surface area contributed by atoms with E-state index in [2.05, 4.69) is 24.8 Å². The summed E-state index contributed by atoms with van der Waals surface area (Å²) in [5.74, 6) is 4.14. The van der Waals surface area contributed by atoms with Gasteiger partial charge in [0.1, 0.15) is 0 Å². The summed E-state index contributed by atoms with van der Waals surface area (Å²) in [6.45, 7) is 3.42. The average molecular weight is 450 g/mol. The van der Waals surface area contributed by atoms with Gasteiger partial charge in [-0.1, -0.05) is 12.1 Å². The Kier molecular flexibility index (Phi) is 8.97. The molecule has 7 nitrogen and oxygen atoms in total. The van der Waals surface area contributed by atoms with Gasteiger partial charge in [-0.25, -0.2) is 0 Å². The van der Waals surface area contributed by atoms with E-state index in [-0.39, 0.29) is 6.42 Å². The Balaban J connectivity index is 1.58. The summed E-state index contributed by atoms with van der Waals surface area (Å²) in [5.41, 5.74) is 6.99. The third-order valence-electron chi connectivity index (χ3n) is 5.36. The van der Waals surface area contributed by atoms with Crippen LogP contribution in [0, 0.1) is 0 Å². The van der Waals surface area contributed by atoms with Crippen molar-refractivity contribution in [2.75, 3.05) is 13.2 Å². The van der Waals surface area contributed by atoms with Crippen LogP contribution >= 0.6 is 0 Å². The molecule has 0 saturated carbocycles. The van der Waals surface area contributed by atoms with Crippen molar-refractivity contribution in [3.8, 4) is 22.8 Å². The molecule has 1 atom stereocenters. The first kappa shape index (κ1) is 24.9. The second-order valence-electron chi connectivity index (χ2n) is 8.14. The fraction of sp³-hybridized carbons (Fsp3) is 0.360. The third kappa shape index (κ3) is 7.10. The van der Waals surface area contributed by atoms with Crippen molar-refractivity contribution < 1.29 is 24.5 Å². The molecule has 0 amide bonds. The fourth-order valence-corrected chi connectivity index (χ4v) is 3.32. The molecule has 174 valence electrons. The molecule has 3 aromatic rings. The number of aliphatic hydroxyl groups is 3. The van der Waals surface area contributed by atoms with E-state index < -0.39 is 24.9 Å². The number of aryl methyl sites for hydroxylation is 1. The fourth-order valence-electron chi connectivity index (χ4n) is 3.32. The van der Waals surface area contributed by atoms with Crippen LogP contribution in [0.2, 0.25) is 6.32 Å². The second-order valence-corrected chi connectivity index (χ2v) is 8.14. The Morgan fingerprint density at radius 1 is 1.09 bits per heavy atom. The molecule has 2 aromatic carbocycles. The van der Waals surface area contributed by atoms with E-state index in [1.165, 1.54) is 0 Å². The molecule has 0 aliphatic heterocycles. The van der Waals surface area contributed by atoms with E-state index in [4.69, 9.17) is 14.9 Å². The maximum atomic E-state index is 10.4. The van der Waals surface area contributed by atoms with Crippen LogP contribution in [0.15, 0.2) is 59.2 Å². The number of benzene rings is 2. The molecule has 0 radical (unpaired) electrons. The van der Waals surface area contributed by atoms with Crippen molar-refractivity contribution >= 4 is 12.9 Å². The first-order chi connectivity index (χ1) is 16.0. The zero-order valence-corrected chi connectivity index (χ0v) is 18.9. The van der Waals surface area contributed by atoms with Gasteiger partial charge in [0, 0.05) is 0 Å². The summed E-state index contributed by atoms with van der Waals surface area (Å²) in [6.07, 6.45) is 3.52. The summed E-state index contributed by atoms with van der Waals surface area (Å²) in [7, 11) is 0. The number of aliphatic hydroxyl groups excluding tert-OH is 3. The predicted octanol–water partition coefficient (Wildman–Crippen LogP) is 3.12. The van der Waals surface area contributed by atoms with Gasteiger partial charge in [0.25, 0.3) is 0 Å². The van der Waals surface area contributed by atoms with Gasteiger partial charge in [0.2, 0.25) is 0 Å². The Morgan fingerprint density at radius 2 is 1.73 bits per heavy atom. The Morgan fingerprint density at radius 3 is 2.33 bits per heavy atom. The Hall–Kier alpha value is -2.78. The molecule has 1 aromatic heterocycles. The Labute approximate surface area is 194 Å². The summed E-state index contributed by atoms with van der Waals surface area (Å²) in [4.78, 5) is 4.55. The van der Waals surface area contributed by atoms with Crippen LogP contribution in [0.3, 0.4) is 0 Å². The zero-order chi connectivity index (χ0) is 23.7. The summed E-state index contributed by atoms with van der Waals surface area (Å²) in [6, 6.07) is 14.5. The molecule has 33 heavy (non-hydrogen) atoms. The number of hydrogen-bond acceptors (Lipinski definition) is 7. The second kappa shape index (κ2) is 11.9. The Bertz CT molecular complexity index is 1010. The molecule has 3 rings (SSSR count). The van der Waals surface area contributed by atoms with Crippen LogP contribution in [-0.2, 0) is 6.42 Å². The molecule has 0 bridgehead atoms. The third-order valence-corrected chi connectivity index (χ3v) is 5.36. The van der Waals surface area contributed by atoms with Gasteiger partial charge in [-0.05, 0) is 24.1 Å². The van der Waals surface area contributed by atoms with Crippen LogP contribution in [0.25, 0.3) is 11.3 Å². The van der Waals surface area contributed by atoms with Crippen LogP contribution in [-0.4, -0.2) is 51.9 Å². The van der Waals surface area contributed by atoms with E-state index in [1.807, 2.05) is 24.3 Å². The summed E-state index contributed by atoms with van der Waals surface area (Å²) < 4.78 is 11.5. The average Bonchev–Trinajstić information content (AvgIpc) is 3.31. The monoisotopic (exact) mass is 450 g/mol. The molecule has 0 spiro atoms. The molecule has 0 aliphatic rings. The first-order valence-corrected chi connectivity index (χ1v) is 11.1. The van der Waals surface area contributed by atoms with Crippen molar-refractivity contribution in [3.63, 3.8) is 0 Å². The molecule has 8 heteroatoms. The van der Waals surface area contributed by atoms with Crippen molar-refractivity contribution in [2.24, 2.45) is 5.73 Å². The molecular weight excluding hydrogens is 419 g/mol. The molecule has 0 fully saturated rings. The number of nitrogens with two attached hydrogens (primary N) is 1. The standard InChI is InChI=1S/C25H31BN2O5/c1-2-26-13-3-4-24-28-22(15-32-24)18-5-9-20(10-6-18)33-21-11-7-19(8-12-21)23(31)14-25(27,16-29)17-30/h5-13,15,23,29-31H,2-4,14,16-17,27H2,1H3. The number of oxazole rings is 1. The van der Waals surface area contributed by atoms with Crippen molar-refractivity contribution in [1.82, 2.24) is 4.98 Å². The van der Waals surface area contributed by atoms with E-state index in [9.17, 15) is 15.3 Å². The quantitative estimate of drug-likeness (QED) is 0.313. The summed E-state index contributed by atoms with van der Waals surface area (Å²) >= 11 is 0. The van der Waals surface area contributed by atoms with Gasteiger partial charge in [0.05, 0.1) is 24.9 Å². The van der Waals surface area contributed by atoms with Gasteiger partial charge in [-0.15, -0.1) is 0 Å². The van der Waals surface area contributed by atoms with Gasteiger partial charge >= 0.3 is 112 Å². The normalized spacial score (nSPS) is 12.6. The SMILES string of the molecule is CCB=CCCc1nc(-c2ccc(Oc3ccc(C(O)CC(N)(CO)CO)cc3)cc2)co1. The molecular formula is C25H31BN2O5. The van der Waals surface area contributed by atoms with Gasteiger partial charge in [-0.3, -0.25) is 0 Å². The minimum absolute atomic E-state index is 0.0425. The van der Waals surface area contributed by atoms with E-state index in [1.54, 1.807) is 30.5 Å². The minimum atomic E-state index is -1.23. The molecule has 0 aliphatic carbocycles. The van der Waals surface area contributed by atoms with Gasteiger partial charge < -0.3 is 21.1 Å². The number of aromatic nitrogens is 1. The van der Waals surface area contributed by atoms with E-state index in [0.29, 0.717) is 17.1 Å². The first-order valence-electron chi connectivity index (χ1n) is 11.1. The maximum absolute atomic E-state index is 10.4. The number of hydrogen-bond donors (Lipinski definition) is 4. The van der Waals surface area contributed by atoms with Crippen LogP contribution in [0.5, 0.6) is 11.5 Å². The molecule has 1 unspecified atom stereocenters. The molecule has 5 N–H and O–H groups in total. The number of nitrogens with zero attached hydrogens (tertiary/aromatic N) is 1. The topological polar surface area (TPSA) is 122 Å². The van der Waals surface area contributed by atoms with Crippen LogP contribution < -0.4 is 10.5 Å². The zero-order valence-electron chi connectivity index (χ0n) is 18.9. The number of ether oxygens (including phenoxy) is 1. The predicted molar refractivity (Wildman–Crippen MR) is 130 cm³/mol. The van der Waals surface area contributed by atoms with Crippen molar-refractivity contribution in [2.45, 2.75) is 44.1 Å². The van der Waals surface area contributed by atoms with Crippen LogP contribution in [0.4, 0.5) is 0 Å². The van der Waals surface area contributed by atoms with Crippen molar-refractivity contribution in [3.05, 3.63) is 66.2 Å². The van der Waals surface area contributed by atoms with E-state index in [0.717, 1.165) is 36.3 Å². The van der Waals surface area contributed by atoms with Gasteiger partial charge in [0.15, 0.2) is 0 Å².